The van der Waals surface area contributed by atoms with E-state index >= 15 is 0 Å². The van der Waals surface area contributed by atoms with Crippen LogP contribution in [0.1, 0.15) is 21.6 Å². The minimum Gasteiger partial charge on any atom is -0.347 e. The van der Waals surface area contributed by atoms with E-state index in [0.29, 0.717) is 24.3 Å². The Kier molecular flexibility index (Phi) is 6.50. The van der Waals surface area contributed by atoms with Crippen molar-refractivity contribution in [1.29, 1.82) is 0 Å². The quantitative estimate of drug-likeness (QED) is 0.313. The number of rotatable bonds is 8. The van der Waals surface area contributed by atoms with Gasteiger partial charge in [-0.05, 0) is 31.0 Å². The van der Waals surface area contributed by atoms with Gasteiger partial charge in [0.25, 0.3) is 11.6 Å². The number of nitro benzene ring substituents is 1. The molecule has 2 heterocycles. The molecule has 0 aliphatic carbocycles. The zero-order valence-electron chi connectivity index (χ0n) is 17.8. The SMILES string of the molecule is Cc1nn(-c2ccc([N+](=O)[O-])cc2)c(Cl)c1C(=O)N[C@@H](Cc1ccccc1)Cn1ccnc1. The van der Waals surface area contributed by atoms with Crippen molar-refractivity contribution in [2.45, 2.75) is 25.9 Å². The van der Waals surface area contributed by atoms with E-state index in [4.69, 9.17) is 11.6 Å². The van der Waals surface area contributed by atoms with Gasteiger partial charge >= 0.3 is 0 Å². The summed E-state index contributed by atoms with van der Waals surface area (Å²) in [4.78, 5) is 27.7. The lowest BCUT2D eigenvalue weighted by atomic mass is 10.1. The Morgan fingerprint density at radius 2 is 1.91 bits per heavy atom. The Morgan fingerprint density at radius 3 is 2.55 bits per heavy atom. The first-order valence-electron chi connectivity index (χ1n) is 10.2. The highest BCUT2D eigenvalue weighted by molar-refractivity contribution is 6.33. The van der Waals surface area contributed by atoms with Gasteiger partial charge in [0.05, 0.1) is 34.2 Å². The number of carbonyl (C=O) groups is 1. The highest BCUT2D eigenvalue weighted by atomic mass is 35.5. The van der Waals surface area contributed by atoms with Crippen molar-refractivity contribution in [2.75, 3.05) is 0 Å². The van der Waals surface area contributed by atoms with Crippen molar-refractivity contribution in [3.63, 3.8) is 0 Å². The maximum absolute atomic E-state index is 13.2. The number of aryl methyl sites for hydroxylation is 1. The number of nitro groups is 1. The molecule has 4 aromatic rings. The van der Waals surface area contributed by atoms with Crippen molar-refractivity contribution >= 4 is 23.2 Å². The van der Waals surface area contributed by atoms with Crippen LogP contribution < -0.4 is 5.32 Å². The van der Waals surface area contributed by atoms with Gasteiger partial charge < -0.3 is 9.88 Å². The maximum Gasteiger partial charge on any atom is 0.269 e. The zero-order valence-corrected chi connectivity index (χ0v) is 18.5. The number of non-ortho nitro benzene ring substituents is 1. The molecule has 2 aromatic heterocycles. The largest absolute Gasteiger partial charge is 0.347 e. The van der Waals surface area contributed by atoms with Gasteiger partial charge in [-0.2, -0.15) is 5.10 Å². The first-order chi connectivity index (χ1) is 15.9. The highest BCUT2D eigenvalue weighted by Crippen LogP contribution is 2.25. The zero-order chi connectivity index (χ0) is 23.4. The van der Waals surface area contributed by atoms with Crippen LogP contribution in [0.5, 0.6) is 0 Å². The Hall–Kier alpha value is -3.98. The molecule has 9 nitrogen and oxygen atoms in total. The lowest BCUT2D eigenvalue weighted by Gasteiger charge is -2.19. The first-order valence-corrected chi connectivity index (χ1v) is 10.6. The van der Waals surface area contributed by atoms with E-state index in [0.717, 1.165) is 5.56 Å². The van der Waals surface area contributed by atoms with Crippen molar-refractivity contribution in [1.82, 2.24) is 24.6 Å². The van der Waals surface area contributed by atoms with Crippen molar-refractivity contribution in [3.05, 3.63) is 105 Å². The molecule has 168 valence electrons. The normalized spacial score (nSPS) is 11.8. The summed E-state index contributed by atoms with van der Waals surface area (Å²) in [6.07, 6.45) is 5.86. The second kappa shape index (κ2) is 9.66. The maximum atomic E-state index is 13.2. The Bertz CT molecular complexity index is 1250. The van der Waals surface area contributed by atoms with Gasteiger partial charge in [-0.25, -0.2) is 9.67 Å². The van der Waals surface area contributed by atoms with Gasteiger partial charge in [0.1, 0.15) is 5.15 Å². The first kappa shape index (κ1) is 22.2. The molecule has 1 amide bonds. The number of carbonyl (C=O) groups excluding carboxylic acids is 1. The molecule has 1 N–H and O–H groups in total. The fraction of sp³-hybridized carbons (Fsp3) is 0.174. The van der Waals surface area contributed by atoms with Crippen molar-refractivity contribution < 1.29 is 9.72 Å². The predicted octanol–water partition coefficient (Wildman–Crippen LogP) is 3.98. The van der Waals surface area contributed by atoms with Gasteiger partial charge in [0, 0.05) is 31.1 Å². The van der Waals surface area contributed by atoms with Crippen LogP contribution in [0.15, 0.2) is 73.3 Å². The average Bonchev–Trinajstić information content (AvgIpc) is 3.41. The second-order valence-corrected chi connectivity index (χ2v) is 7.91. The summed E-state index contributed by atoms with van der Waals surface area (Å²) in [5.74, 6) is -0.341. The van der Waals surface area contributed by atoms with Gasteiger partial charge in [-0.15, -0.1) is 0 Å². The van der Waals surface area contributed by atoms with E-state index in [2.05, 4.69) is 15.4 Å². The molecule has 0 unspecified atom stereocenters. The number of nitrogens with zero attached hydrogens (tertiary/aromatic N) is 5. The van der Waals surface area contributed by atoms with Crippen LogP contribution in [0.3, 0.4) is 0 Å². The van der Waals surface area contributed by atoms with Crippen LogP contribution in [0.4, 0.5) is 5.69 Å². The van der Waals surface area contributed by atoms with Crippen LogP contribution in [-0.4, -0.2) is 36.2 Å². The molecule has 0 saturated heterocycles. The molecule has 4 rings (SSSR count). The third-order valence-electron chi connectivity index (χ3n) is 5.19. The molecular weight excluding hydrogens is 444 g/mol. The lowest BCUT2D eigenvalue weighted by Crippen LogP contribution is -2.39. The highest BCUT2D eigenvalue weighted by Gasteiger charge is 2.24. The number of hydrogen-bond donors (Lipinski definition) is 1. The topological polar surface area (TPSA) is 108 Å². The van der Waals surface area contributed by atoms with Crippen molar-refractivity contribution in [2.24, 2.45) is 0 Å². The molecule has 0 fully saturated rings. The summed E-state index contributed by atoms with van der Waals surface area (Å²) in [7, 11) is 0. The van der Waals surface area contributed by atoms with Crippen LogP contribution in [0.2, 0.25) is 5.15 Å². The lowest BCUT2D eigenvalue weighted by molar-refractivity contribution is -0.384. The van der Waals surface area contributed by atoms with Gasteiger partial charge in [0.2, 0.25) is 0 Å². The van der Waals surface area contributed by atoms with Gasteiger partial charge in [-0.1, -0.05) is 41.9 Å². The summed E-state index contributed by atoms with van der Waals surface area (Å²) in [6.45, 7) is 2.23. The van der Waals surface area contributed by atoms with E-state index in [1.807, 2.05) is 41.1 Å². The number of imidazole rings is 1. The van der Waals surface area contributed by atoms with E-state index in [1.165, 1.54) is 28.9 Å². The fourth-order valence-electron chi connectivity index (χ4n) is 3.61. The molecule has 33 heavy (non-hydrogen) atoms. The number of nitrogens with one attached hydrogen (secondary N) is 1. The second-order valence-electron chi connectivity index (χ2n) is 7.56. The van der Waals surface area contributed by atoms with Crippen LogP contribution in [0, 0.1) is 17.0 Å². The summed E-state index contributed by atoms with van der Waals surface area (Å²) in [5, 5.41) is 18.5. The molecule has 0 bridgehead atoms. The van der Waals surface area contributed by atoms with Crippen LogP contribution in [0.25, 0.3) is 5.69 Å². The predicted molar refractivity (Wildman–Crippen MR) is 124 cm³/mol. The minimum absolute atomic E-state index is 0.0417. The molecule has 1 atom stereocenters. The molecule has 0 saturated carbocycles. The Morgan fingerprint density at radius 1 is 1.18 bits per heavy atom. The Labute approximate surface area is 194 Å². The number of hydrogen-bond acceptors (Lipinski definition) is 5. The van der Waals surface area contributed by atoms with E-state index in [9.17, 15) is 14.9 Å². The molecule has 0 aliphatic rings. The minimum atomic E-state index is -0.480. The van der Waals surface area contributed by atoms with Gasteiger partial charge in [0.15, 0.2) is 0 Å². The number of aromatic nitrogens is 4. The standard InChI is InChI=1S/C23H21ClN6O3/c1-16-21(22(24)29(27-16)19-7-9-20(10-8-19)30(32)33)23(31)26-18(14-28-12-11-25-15-28)13-17-5-3-2-4-6-17/h2-12,15,18H,13-14H2,1H3,(H,26,31)/t18-/m0/s1. The summed E-state index contributed by atoms with van der Waals surface area (Å²) >= 11 is 6.54. The van der Waals surface area contributed by atoms with Crippen LogP contribution in [-0.2, 0) is 13.0 Å². The van der Waals surface area contributed by atoms with Gasteiger partial charge in [-0.3, -0.25) is 14.9 Å². The number of benzene rings is 2. The molecule has 0 radical (unpaired) electrons. The van der Waals surface area contributed by atoms with E-state index < -0.39 is 4.92 Å². The number of amides is 1. The summed E-state index contributed by atoms with van der Waals surface area (Å²) < 4.78 is 3.31. The smallest absolute Gasteiger partial charge is 0.269 e. The van der Waals surface area contributed by atoms with Crippen molar-refractivity contribution in [3.8, 4) is 5.69 Å². The third-order valence-corrected chi connectivity index (χ3v) is 5.54. The Balaban J connectivity index is 1.58. The average molecular weight is 465 g/mol. The molecular formula is C23H21ClN6O3. The van der Waals surface area contributed by atoms with Crippen LogP contribution >= 0.6 is 11.6 Å². The van der Waals surface area contributed by atoms with E-state index in [-0.39, 0.29) is 28.4 Å². The third kappa shape index (κ3) is 5.09. The summed E-state index contributed by atoms with van der Waals surface area (Å²) in [6, 6.07) is 15.5. The summed E-state index contributed by atoms with van der Waals surface area (Å²) in [5.41, 5.74) is 2.29. The monoisotopic (exact) mass is 464 g/mol. The molecule has 0 aliphatic heterocycles. The van der Waals surface area contributed by atoms with E-state index in [1.54, 1.807) is 19.4 Å². The molecule has 10 heteroatoms. The molecule has 0 spiro atoms. The number of halogens is 1. The fourth-order valence-corrected chi connectivity index (χ4v) is 3.97. The molecule has 2 aromatic carbocycles.